The summed E-state index contributed by atoms with van der Waals surface area (Å²) in [5, 5.41) is 13.9. The van der Waals surface area contributed by atoms with E-state index in [0.717, 1.165) is 5.39 Å². The Morgan fingerprint density at radius 2 is 2.06 bits per heavy atom. The third-order valence-electron chi connectivity index (χ3n) is 2.63. The van der Waals surface area contributed by atoms with Gasteiger partial charge in [-0.25, -0.2) is 0 Å². The topological polar surface area (TPSA) is 58.6 Å². The summed E-state index contributed by atoms with van der Waals surface area (Å²) in [6.07, 6.45) is 0. The van der Waals surface area contributed by atoms with Gasteiger partial charge in [0.1, 0.15) is 11.5 Å². The predicted octanol–water partition coefficient (Wildman–Crippen LogP) is 1.91. The second-order valence-corrected chi connectivity index (χ2v) is 3.66. The van der Waals surface area contributed by atoms with Crippen LogP contribution in [0.5, 0.6) is 11.5 Å². The Kier molecular flexibility index (Phi) is 2.87. The zero-order chi connectivity index (χ0) is 12.4. The summed E-state index contributed by atoms with van der Waals surface area (Å²) < 4.78 is 5.09. The van der Waals surface area contributed by atoms with Crippen LogP contribution in [-0.4, -0.2) is 25.2 Å². The molecule has 0 atom stereocenters. The van der Waals surface area contributed by atoms with Gasteiger partial charge >= 0.3 is 0 Å². The standard InChI is InChI=1S/C13H13NO3/c1-14-13(16)9-5-8-3-4-10(17-2)7-11(8)12(15)6-9/h3-7,15H,1-2H3,(H,14,16). The van der Waals surface area contributed by atoms with E-state index in [9.17, 15) is 9.90 Å². The van der Waals surface area contributed by atoms with E-state index in [0.29, 0.717) is 16.7 Å². The molecule has 0 bridgehead atoms. The first-order chi connectivity index (χ1) is 8.15. The summed E-state index contributed by atoms with van der Waals surface area (Å²) >= 11 is 0. The van der Waals surface area contributed by atoms with Gasteiger partial charge in [-0.05, 0) is 29.7 Å². The van der Waals surface area contributed by atoms with Gasteiger partial charge in [-0.3, -0.25) is 4.79 Å². The second kappa shape index (κ2) is 4.33. The van der Waals surface area contributed by atoms with Crippen molar-refractivity contribution in [2.75, 3.05) is 14.2 Å². The summed E-state index contributed by atoms with van der Waals surface area (Å²) in [7, 11) is 3.12. The third kappa shape index (κ3) is 2.01. The Balaban J connectivity index is 2.63. The van der Waals surface area contributed by atoms with Gasteiger partial charge in [-0.1, -0.05) is 6.07 Å². The quantitative estimate of drug-likeness (QED) is 0.830. The molecule has 0 unspecified atom stereocenters. The SMILES string of the molecule is CNC(=O)c1cc(O)c2cc(OC)ccc2c1. The first-order valence-corrected chi connectivity index (χ1v) is 5.18. The molecule has 0 saturated carbocycles. The zero-order valence-corrected chi connectivity index (χ0v) is 9.65. The number of hydrogen-bond acceptors (Lipinski definition) is 3. The van der Waals surface area contributed by atoms with Crippen LogP contribution in [0.15, 0.2) is 30.3 Å². The highest BCUT2D eigenvalue weighted by atomic mass is 16.5. The minimum absolute atomic E-state index is 0.0694. The molecule has 17 heavy (non-hydrogen) atoms. The smallest absolute Gasteiger partial charge is 0.251 e. The number of carbonyl (C=O) groups is 1. The van der Waals surface area contributed by atoms with Crippen molar-refractivity contribution in [3.05, 3.63) is 35.9 Å². The van der Waals surface area contributed by atoms with Crippen molar-refractivity contribution in [3.63, 3.8) is 0 Å². The fourth-order valence-electron chi connectivity index (χ4n) is 1.72. The molecule has 0 saturated heterocycles. The number of amides is 1. The average molecular weight is 231 g/mol. The summed E-state index contributed by atoms with van der Waals surface area (Å²) in [6, 6.07) is 8.50. The number of hydrogen-bond donors (Lipinski definition) is 2. The minimum atomic E-state index is -0.224. The van der Waals surface area contributed by atoms with Crippen LogP contribution in [0.3, 0.4) is 0 Å². The Hall–Kier alpha value is -2.23. The highest BCUT2D eigenvalue weighted by Gasteiger charge is 2.09. The van der Waals surface area contributed by atoms with Gasteiger partial charge in [0.05, 0.1) is 7.11 Å². The van der Waals surface area contributed by atoms with Crippen LogP contribution in [0.2, 0.25) is 0 Å². The number of aromatic hydroxyl groups is 1. The molecular weight excluding hydrogens is 218 g/mol. The van der Waals surface area contributed by atoms with Crippen LogP contribution in [0.4, 0.5) is 0 Å². The Bertz CT molecular complexity index is 578. The number of phenolic OH excluding ortho intramolecular Hbond substituents is 1. The van der Waals surface area contributed by atoms with E-state index in [1.165, 1.54) is 6.07 Å². The second-order valence-electron chi connectivity index (χ2n) is 3.66. The van der Waals surface area contributed by atoms with Gasteiger partial charge in [-0.2, -0.15) is 0 Å². The predicted molar refractivity (Wildman–Crippen MR) is 65.6 cm³/mol. The highest BCUT2D eigenvalue weighted by molar-refractivity contribution is 6.00. The molecule has 0 heterocycles. The van der Waals surface area contributed by atoms with Gasteiger partial charge < -0.3 is 15.2 Å². The molecule has 0 radical (unpaired) electrons. The fourth-order valence-corrected chi connectivity index (χ4v) is 1.72. The number of fused-ring (bicyclic) bond motifs is 1. The first kappa shape index (κ1) is 11.3. The van der Waals surface area contributed by atoms with Crippen LogP contribution < -0.4 is 10.1 Å². The molecule has 4 heteroatoms. The number of rotatable bonds is 2. The van der Waals surface area contributed by atoms with E-state index in [4.69, 9.17) is 4.74 Å². The highest BCUT2D eigenvalue weighted by Crippen LogP contribution is 2.29. The number of carbonyl (C=O) groups excluding carboxylic acids is 1. The fraction of sp³-hybridized carbons (Fsp3) is 0.154. The van der Waals surface area contributed by atoms with Crippen LogP contribution in [0.25, 0.3) is 10.8 Å². The molecule has 2 N–H and O–H groups in total. The summed E-state index contributed by atoms with van der Waals surface area (Å²) in [5.74, 6) is 0.513. The number of benzene rings is 2. The van der Waals surface area contributed by atoms with Crippen molar-refractivity contribution in [2.24, 2.45) is 0 Å². The normalized spacial score (nSPS) is 10.2. The van der Waals surface area contributed by atoms with Crippen LogP contribution in [0.1, 0.15) is 10.4 Å². The lowest BCUT2D eigenvalue weighted by Crippen LogP contribution is -2.17. The monoisotopic (exact) mass is 231 g/mol. The van der Waals surface area contributed by atoms with Crippen LogP contribution in [0, 0.1) is 0 Å². The minimum Gasteiger partial charge on any atom is -0.507 e. The Labute approximate surface area is 98.8 Å². The molecule has 0 spiro atoms. The van der Waals surface area contributed by atoms with Crippen molar-refractivity contribution in [1.29, 1.82) is 0 Å². The Morgan fingerprint density at radius 3 is 2.71 bits per heavy atom. The first-order valence-electron chi connectivity index (χ1n) is 5.18. The molecule has 0 aliphatic heterocycles. The van der Waals surface area contributed by atoms with Gasteiger partial charge in [-0.15, -0.1) is 0 Å². The molecule has 2 aromatic rings. The summed E-state index contributed by atoms with van der Waals surface area (Å²) in [6.45, 7) is 0. The lowest BCUT2D eigenvalue weighted by atomic mass is 10.0. The van der Waals surface area contributed by atoms with Crippen molar-refractivity contribution < 1.29 is 14.6 Å². The van der Waals surface area contributed by atoms with Gasteiger partial charge in [0.25, 0.3) is 5.91 Å². The van der Waals surface area contributed by atoms with Crippen LogP contribution >= 0.6 is 0 Å². The molecule has 2 rings (SSSR count). The maximum Gasteiger partial charge on any atom is 0.251 e. The van der Waals surface area contributed by atoms with Crippen molar-refractivity contribution in [3.8, 4) is 11.5 Å². The van der Waals surface area contributed by atoms with E-state index in [-0.39, 0.29) is 11.7 Å². The Morgan fingerprint density at radius 1 is 1.29 bits per heavy atom. The molecule has 2 aromatic carbocycles. The van der Waals surface area contributed by atoms with Crippen molar-refractivity contribution in [1.82, 2.24) is 5.32 Å². The molecule has 4 nitrogen and oxygen atoms in total. The summed E-state index contributed by atoms with van der Waals surface area (Å²) in [4.78, 5) is 11.5. The molecular formula is C13H13NO3. The molecule has 0 aliphatic carbocycles. The molecule has 0 aliphatic rings. The number of ether oxygens (including phenoxy) is 1. The lowest BCUT2D eigenvalue weighted by molar-refractivity contribution is 0.0963. The number of phenols is 1. The van der Waals surface area contributed by atoms with Crippen LogP contribution in [-0.2, 0) is 0 Å². The number of nitrogens with one attached hydrogen (secondary N) is 1. The van der Waals surface area contributed by atoms with E-state index in [1.54, 1.807) is 38.4 Å². The third-order valence-corrected chi connectivity index (χ3v) is 2.63. The van der Waals surface area contributed by atoms with E-state index in [2.05, 4.69) is 5.32 Å². The molecule has 88 valence electrons. The lowest BCUT2D eigenvalue weighted by Gasteiger charge is -2.07. The van der Waals surface area contributed by atoms with Gasteiger partial charge in [0.2, 0.25) is 0 Å². The van der Waals surface area contributed by atoms with Crippen molar-refractivity contribution >= 4 is 16.7 Å². The van der Waals surface area contributed by atoms with E-state index >= 15 is 0 Å². The van der Waals surface area contributed by atoms with Gasteiger partial charge in [0, 0.05) is 18.0 Å². The molecule has 1 amide bonds. The van der Waals surface area contributed by atoms with E-state index < -0.39 is 0 Å². The molecule has 0 fully saturated rings. The summed E-state index contributed by atoms with van der Waals surface area (Å²) in [5.41, 5.74) is 0.433. The molecule has 0 aromatic heterocycles. The van der Waals surface area contributed by atoms with E-state index in [1.807, 2.05) is 0 Å². The maximum absolute atomic E-state index is 11.5. The van der Waals surface area contributed by atoms with Gasteiger partial charge in [0.15, 0.2) is 0 Å². The average Bonchev–Trinajstić information content (AvgIpc) is 2.37. The number of methoxy groups -OCH3 is 1. The zero-order valence-electron chi connectivity index (χ0n) is 9.65. The largest absolute Gasteiger partial charge is 0.507 e. The maximum atomic E-state index is 11.5. The van der Waals surface area contributed by atoms with Crippen molar-refractivity contribution in [2.45, 2.75) is 0 Å².